The highest BCUT2D eigenvalue weighted by molar-refractivity contribution is 6.22. The summed E-state index contributed by atoms with van der Waals surface area (Å²) in [6.07, 6.45) is -4.83. The Balaban J connectivity index is 5.16. The summed E-state index contributed by atoms with van der Waals surface area (Å²) in [5, 5.41) is 6.67. The Bertz CT molecular complexity index is 274. The van der Waals surface area contributed by atoms with E-state index in [0.717, 1.165) is 13.8 Å². The Morgan fingerprint density at radius 2 is 1.69 bits per heavy atom. The maximum Gasteiger partial charge on any atom is 0.433 e. The van der Waals surface area contributed by atoms with Gasteiger partial charge in [0.1, 0.15) is 5.71 Å². The molecule has 0 aromatic heterocycles. The third-order valence-corrected chi connectivity index (χ3v) is 1.28. The molecular weight excluding hydrogens is 185 g/mol. The zero-order chi connectivity index (χ0) is 10.8. The molecule has 0 aliphatic rings. The summed E-state index contributed by atoms with van der Waals surface area (Å²) in [5.74, 6) is -0.859. The summed E-state index contributed by atoms with van der Waals surface area (Å²) in [4.78, 5) is 10.7. The smallest absolute Gasteiger partial charge is 0.402 e. The van der Waals surface area contributed by atoms with Gasteiger partial charge in [0.2, 0.25) is 0 Å². The number of rotatable bonds is 2. The van der Waals surface area contributed by atoms with E-state index in [0.29, 0.717) is 0 Å². The van der Waals surface area contributed by atoms with Gasteiger partial charge in [-0.2, -0.15) is 13.2 Å². The van der Waals surface area contributed by atoms with Crippen molar-refractivity contribution < 1.29 is 18.0 Å². The minimum absolute atomic E-state index is 0.296. The van der Waals surface area contributed by atoms with Crippen LogP contribution in [0.5, 0.6) is 0 Å². The first-order valence-electron chi connectivity index (χ1n) is 3.31. The fourth-order valence-corrected chi connectivity index (χ4v) is 0.793. The molecule has 0 fully saturated rings. The molecule has 0 saturated heterocycles. The van der Waals surface area contributed by atoms with Crippen molar-refractivity contribution in [3.05, 3.63) is 11.3 Å². The first-order valence-corrected chi connectivity index (χ1v) is 3.31. The van der Waals surface area contributed by atoms with Gasteiger partial charge in [-0.15, -0.1) is 0 Å². The van der Waals surface area contributed by atoms with Crippen LogP contribution in [-0.4, -0.2) is 17.7 Å². The second kappa shape index (κ2) is 3.59. The van der Waals surface area contributed by atoms with E-state index in [9.17, 15) is 18.0 Å². The number of Topliss-reactive ketones (excluding diaryl/α,β-unsaturated/α-hetero) is 1. The molecule has 0 amide bonds. The van der Waals surface area contributed by atoms with Gasteiger partial charge in [0, 0.05) is 5.70 Å². The number of allylic oxidation sites excluding steroid dienone is 2. The molecule has 0 spiro atoms. The molecule has 0 saturated carbocycles. The van der Waals surface area contributed by atoms with Crippen molar-refractivity contribution in [3.63, 3.8) is 0 Å². The van der Waals surface area contributed by atoms with E-state index in [1.165, 1.54) is 0 Å². The van der Waals surface area contributed by atoms with E-state index in [-0.39, 0.29) is 5.70 Å². The number of ketones is 1. The van der Waals surface area contributed by atoms with Crippen LogP contribution < -0.4 is 5.73 Å². The van der Waals surface area contributed by atoms with Crippen LogP contribution in [0.25, 0.3) is 0 Å². The maximum absolute atomic E-state index is 12.0. The van der Waals surface area contributed by atoms with Crippen molar-refractivity contribution in [1.82, 2.24) is 0 Å². The van der Waals surface area contributed by atoms with Crippen molar-refractivity contribution in [1.29, 1.82) is 5.41 Å². The first-order chi connectivity index (χ1) is 5.68. The molecule has 74 valence electrons. The quantitative estimate of drug-likeness (QED) is 0.515. The Morgan fingerprint density at radius 1 is 1.31 bits per heavy atom. The lowest BCUT2D eigenvalue weighted by atomic mass is 10.0. The third kappa shape index (κ3) is 2.89. The molecule has 0 unspecified atom stereocenters. The topological polar surface area (TPSA) is 66.9 Å². The molecule has 13 heavy (non-hydrogen) atoms. The van der Waals surface area contributed by atoms with Crippen LogP contribution in [0, 0.1) is 5.41 Å². The highest BCUT2D eigenvalue weighted by Gasteiger charge is 2.38. The van der Waals surface area contributed by atoms with Gasteiger partial charge in [-0.25, -0.2) is 0 Å². The fraction of sp³-hybridized carbons (Fsp3) is 0.429. The van der Waals surface area contributed by atoms with Crippen molar-refractivity contribution in [3.8, 4) is 0 Å². The van der Waals surface area contributed by atoms with Crippen molar-refractivity contribution in [2.24, 2.45) is 5.73 Å². The summed E-state index contributed by atoms with van der Waals surface area (Å²) in [5.41, 5.74) is 2.29. The standard InChI is InChI=1S/C7H9F3N2O/c1-3(11)5(4(2)13)6(12)7(8,9)10/h12H,11H2,1-2H3/b5-3-,12-6?. The lowest BCUT2D eigenvalue weighted by molar-refractivity contribution is -0.113. The first kappa shape index (κ1) is 11.7. The Labute approximate surface area is 72.9 Å². The number of hydrogen-bond donors (Lipinski definition) is 2. The summed E-state index contributed by atoms with van der Waals surface area (Å²) in [6.45, 7) is 2.09. The lowest BCUT2D eigenvalue weighted by Gasteiger charge is -2.10. The van der Waals surface area contributed by atoms with E-state index < -0.39 is 23.2 Å². The van der Waals surface area contributed by atoms with E-state index in [2.05, 4.69) is 0 Å². The van der Waals surface area contributed by atoms with E-state index in [1.807, 2.05) is 0 Å². The monoisotopic (exact) mass is 194 g/mol. The molecule has 6 heteroatoms. The average molecular weight is 194 g/mol. The van der Waals surface area contributed by atoms with Crippen LogP contribution in [0.2, 0.25) is 0 Å². The molecule has 0 aromatic rings. The number of carbonyl (C=O) groups is 1. The molecule has 3 N–H and O–H groups in total. The highest BCUT2D eigenvalue weighted by atomic mass is 19.4. The summed E-state index contributed by atoms with van der Waals surface area (Å²) >= 11 is 0. The molecule has 3 nitrogen and oxygen atoms in total. The Hall–Kier alpha value is -1.33. The van der Waals surface area contributed by atoms with Gasteiger partial charge in [0.05, 0.1) is 5.57 Å². The highest BCUT2D eigenvalue weighted by Crippen LogP contribution is 2.22. The number of halogens is 3. The van der Waals surface area contributed by atoms with Crippen LogP contribution >= 0.6 is 0 Å². The largest absolute Gasteiger partial charge is 0.433 e. The number of nitrogens with one attached hydrogen (secondary N) is 1. The second-order valence-electron chi connectivity index (χ2n) is 2.49. The molecular formula is C7H9F3N2O. The van der Waals surface area contributed by atoms with Gasteiger partial charge >= 0.3 is 6.18 Å². The fourth-order valence-electron chi connectivity index (χ4n) is 0.793. The SMILES string of the molecule is CC(=O)/C(C(=N)C(F)(F)F)=C(\C)N. The summed E-state index contributed by atoms with van der Waals surface area (Å²) in [7, 11) is 0. The molecule has 0 bridgehead atoms. The van der Waals surface area contributed by atoms with Crippen molar-refractivity contribution in [2.45, 2.75) is 20.0 Å². The van der Waals surface area contributed by atoms with Gasteiger partial charge in [0.15, 0.2) is 5.78 Å². The average Bonchev–Trinajstić information content (AvgIpc) is 1.82. The molecule has 0 aliphatic heterocycles. The number of carbonyl (C=O) groups excluding carboxylic acids is 1. The minimum atomic E-state index is -4.83. The Morgan fingerprint density at radius 3 is 1.77 bits per heavy atom. The summed E-state index contributed by atoms with van der Waals surface area (Å²) in [6, 6.07) is 0. The number of hydrogen-bond acceptors (Lipinski definition) is 3. The van der Waals surface area contributed by atoms with Crippen LogP contribution in [0.15, 0.2) is 11.3 Å². The Kier molecular flexibility index (Phi) is 3.22. The van der Waals surface area contributed by atoms with E-state index >= 15 is 0 Å². The molecule has 0 radical (unpaired) electrons. The van der Waals surface area contributed by atoms with Crippen molar-refractivity contribution >= 4 is 11.5 Å². The number of alkyl halides is 3. The lowest BCUT2D eigenvalue weighted by Crippen LogP contribution is -2.28. The molecule has 0 aliphatic carbocycles. The van der Waals surface area contributed by atoms with Crippen LogP contribution in [0.1, 0.15) is 13.8 Å². The zero-order valence-corrected chi connectivity index (χ0v) is 7.12. The molecule has 0 heterocycles. The van der Waals surface area contributed by atoms with Gasteiger partial charge < -0.3 is 5.73 Å². The maximum atomic E-state index is 12.0. The predicted octanol–water partition coefficient (Wildman–Crippen LogP) is 1.39. The van der Waals surface area contributed by atoms with Gasteiger partial charge in [-0.1, -0.05) is 0 Å². The third-order valence-electron chi connectivity index (χ3n) is 1.28. The van der Waals surface area contributed by atoms with Gasteiger partial charge in [0.25, 0.3) is 0 Å². The van der Waals surface area contributed by atoms with Crippen LogP contribution in [0.4, 0.5) is 13.2 Å². The summed E-state index contributed by atoms with van der Waals surface area (Å²) < 4.78 is 35.9. The van der Waals surface area contributed by atoms with Gasteiger partial charge in [-0.3, -0.25) is 10.2 Å². The van der Waals surface area contributed by atoms with Crippen LogP contribution in [0.3, 0.4) is 0 Å². The minimum Gasteiger partial charge on any atom is -0.402 e. The molecule has 0 aromatic carbocycles. The predicted molar refractivity (Wildman–Crippen MR) is 41.4 cm³/mol. The number of nitrogens with two attached hydrogens (primary N) is 1. The molecule has 0 rings (SSSR count). The normalized spacial score (nSPS) is 13.6. The van der Waals surface area contributed by atoms with E-state index in [4.69, 9.17) is 11.1 Å². The van der Waals surface area contributed by atoms with E-state index in [1.54, 1.807) is 0 Å². The van der Waals surface area contributed by atoms with Crippen molar-refractivity contribution in [2.75, 3.05) is 0 Å². The molecule has 0 atom stereocenters. The second-order valence-corrected chi connectivity index (χ2v) is 2.49. The van der Waals surface area contributed by atoms with Crippen LogP contribution in [-0.2, 0) is 4.79 Å². The van der Waals surface area contributed by atoms with Gasteiger partial charge in [-0.05, 0) is 13.8 Å². The zero-order valence-electron chi connectivity index (χ0n) is 7.12.